The van der Waals surface area contributed by atoms with Gasteiger partial charge in [0.2, 0.25) is 0 Å². The summed E-state index contributed by atoms with van der Waals surface area (Å²) in [5.41, 5.74) is 10.9. The highest BCUT2D eigenvalue weighted by Gasteiger charge is 2.46. The quantitative estimate of drug-likeness (QED) is 0.472. The molecule has 2 aliphatic heterocycles. The van der Waals surface area contributed by atoms with Gasteiger partial charge in [0.1, 0.15) is 5.70 Å². The number of aromatic nitrogens is 3. The van der Waals surface area contributed by atoms with Crippen molar-refractivity contribution < 1.29 is 4.79 Å². The van der Waals surface area contributed by atoms with Gasteiger partial charge in [-0.1, -0.05) is 18.2 Å². The van der Waals surface area contributed by atoms with Crippen LogP contribution in [0.2, 0.25) is 0 Å². The van der Waals surface area contributed by atoms with Crippen LogP contribution in [0.15, 0.2) is 54.0 Å². The number of nitrogens with one attached hydrogen (secondary N) is 1. The van der Waals surface area contributed by atoms with Gasteiger partial charge >= 0.3 is 0 Å². The summed E-state index contributed by atoms with van der Waals surface area (Å²) in [7, 11) is 0. The third kappa shape index (κ3) is 3.44. The number of likely N-dealkylation sites (tertiary alicyclic amines) is 1. The number of allylic oxidation sites excluding steroid dienone is 2. The lowest BCUT2D eigenvalue weighted by atomic mass is 9.82. The van der Waals surface area contributed by atoms with Crippen LogP contribution < -0.4 is 11.1 Å². The Bertz CT molecular complexity index is 1270. The first-order valence-corrected chi connectivity index (χ1v) is 11.2. The van der Waals surface area contributed by atoms with Crippen LogP contribution in [0.1, 0.15) is 32.4 Å². The van der Waals surface area contributed by atoms with Crippen LogP contribution in [-0.4, -0.2) is 43.6 Å². The minimum Gasteiger partial charge on any atom is -0.400 e. The number of hydrogen-bond donors (Lipinski definition) is 2. The van der Waals surface area contributed by atoms with Crippen molar-refractivity contribution in [3.63, 3.8) is 0 Å². The molecule has 1 fully saturated rings. The molecule has 0 aliphatic carbocycles. The SMILES string of the molecule is CC(=O)C(NC(=S)N1CCC2(CCn3nc(-c4cnc5ccccc5c4)cc32)C1)=C(C)N. The van der Waals surface area contributed by atoms with E-state index in [-0.39, 0.29) is 11.2 Å². The predicted molar refractivity (Wildman–Crippen MR) is 129 cm³/mol. The van der Waals surface area contributed by atoms with Gasteiger partial charge in [-0.05, 0) is 50.2 Å². The number of nitrogens with zero attached hydrogens (tertiary/aromatic N) is 4. The molecule has 1 saturated heterocycles. The largest absolute Gasteiger partial charge is 0.400 e. The van der Waals surface area contributed by atoms with Crippen LogP contribution in [-0.2, 0) is 16.8 Å². The first-order chi connectivity index (χ1) is 15.4. The number of para-hydroxylation sites is 1. The van der Waals surface area contributed by atoms with Gasteiger partial charge in [0.05, 0.1) is 11.2 Å². The topological polar surface area (TPSA) is 89.1 Å². The summed E-state index contributed by atoms with van der Waals surface area (Å²) in [6.45, 7) is 5.72. The van der Waals surface area contributed by atoms with Crippen LogP contribution in [0.25, 0.3) is 22.2 Å². The van der Waals surface area contributed by atoms with Crippen molar-refractivity contribution in [1.29, 1.82) is 0 Å². The zero-order valence-electron chi connectivity index (χ0n) is 18.3. The fraction of sp³-hybridized carbons (Fsp3) is 0.333. The number of carbonyl (C=O) groups excluding carboxylic acids is 1. The third-order valence-electron chi connectivity index (χ3n) is 6.63. The number of rotatable bonds is 3. The van der Waals surface area contributed by atoms with Crippen molar-refractivity contribution in [3.05, 3.63) is 59.7 Å². The zero-order valence-corrected chi connectivity index (χ0v) is 19.1. The van der Waals surface area contributed by atoms with Gasteiger partial charge in [-0.25, -0.2) is 0 Å². The highest BCUT2D eigenvalue weighted by molar-refractivity contribution is 7.80. The highest BCUT2D eigenvalue weighted by Crippen LogP contribution is 2.43. The Morgan fingerprint density at radius 2 is 1.97 bits per heavy atom. The maximum Gasteiger partial charge on any atom is 0.177 e. The first kappa shape index (κ1) is 20.6. The minimum absolute atomic E-state index is 0.0130. The summed E-state index contributed by atoms with van der Waals surface area (Å²) in [5, 5.41) is 9.62. The molecule has 0 saturated carbocycles. The monoisotopic (exact) mass is 446 g/mol. The van der Waals surface area contributed by atoms with Crippen LogP contribution in [0.4, 0.5) is 0 Å². The Balaban J connectivity index is 1.39. The molecule has 1 spiro atoms. The van der Waals surface area contributed by atoms with E-state index < -0.39 is 0 Å². The standard InChI is InChI=1S/C24H26N6OS/c1-15(25)22(16(2)31)27-23(32)29-9-7-24(14-29)8-10-30-21(24)12-20(28-30)18-11-17-5-3-4-6-19(17)26-13-18/h3-6,11-13H,7-10,14,25H2,1-2H3,(H,27,32). The number of carbonyl (C=O) groups is 1. The molecule has 32 heavy (non-hydrogen) atoms. The van der Waals surface area contributed by atoms with Gasteiger partial charge in [0.15, 0.2) is 10.9 Å². The smallest absolute Gasteiger partial charge is 0.177 e. The number of aryl methyl sites for hydroxylation is 1. The fourth-order valence-corrected chi connectivity index (χ4v) is 5.18. The molecular weight excluding hydrogens is 420 g/mol. The van der Waals surface area contributed by atoms with E-state index in [0.29, 0.717) is 16.5 Å². The van der Waals surface area contributed by atoms with Crippen molar-refractivity contribution in [2.24, 2.45) is 5.73 Å². The molecule has 0 bridgehead atoms. The molecule has 4 heterocycles. The molecule has 2 aliphatic rings. The molecule has 1 atom stereocenters. The Kier molecular flexibility index (Phi) is 4.97. The van der Waals surface area contributed by atoms with E-state index in [9.17, 15) is 4.79 Å². The predicted octanol–water partition coefficient (Wildman–Crippen LogP) is 3.10. The summed E-state index contributed by atoms with van der Waals surface area (Å²) < 4.78 is 2.13. The fourth-order valence-electron chi connectivity index (χ4n) is 4.92. The van der Waals surface area contributed by atoms with E-state index in [4.69, 9.17) is 23.1 Å². The molecule has 2 aromatic heterocycles. The second-order valence-electron chi connectivity index (χ2n) is 8.80. The molecule has 3 aromatic rings. The molecule has 1 aromatic carbocycles. The second-order valence-corrected chi connectivity index (χ2v) is 9.19. The first-order valence-electron chi connectivity index (χ1n) is 10.8. The van der Waals surface area contributed by atoms with Crippen LogP contribution in [0.5, 0.6) is 0 Å². The number of ketones is 1. The van der Waals surface area contributed by atoms with Crippen molar-refractivity contribution in [2.75, 3.05) is 13.1 Å². The van der Waals surface area contributed by atoms with E-state index in [0.717, 1.165) is 54.6 Å². The van der Waals surface area contributed by atoms with Crippen molar-refractivity contribution in [3.8, 4) is 11.3 Å². The van der Waals surface area contributed by atoms with Crippen LogP contribution in [0, 0.1) is 0 Å². The van der Waals surface area contributed by atoms with Crippen molar-refractivity contribution in [2.45, 2.75) is 38.6 Å². The lowest BCUT2D eigenvalue weighted by Gasteiger charge is -2.25. The number of pyridine rings is 1. The van der Waals surface area contributed by atoms with Crippen LogP contribution >= 0.6 is 12.2 Å². The molecule has 5 rings (SSSR count). The number of thiocarbonyl (C=S) groups is 1. The second kappa shape index (κ2) is 7.70. The van der Waals surface area contributed by atoms with Gasteiger partial charge in [0.25, 0.3) is 0 Å². The molecule has 164 valence electrons. The molecule has 0 amide bonds. The number of fused-ring (bicyclic) bond motifs is 3. The maximum atomic E-state index is 11.9. The zero-order chi connectivity index (χ0) is 22.5. The van der Waals surface area contributed by atoms with E-state index >= 15 is 0 Å². The van der Waals surface area contributed by atoms with E-state index in [1.165, 1.54) is 12.6 Å². The summed E-state index contributed by atoms with van der Waals surface area (Å²) in [5.74, 6) is -0.117. The average Bonchev–Trinajstić information content (AvgIpc) is 3.48. The molecule has 3 N–H and O–H groups in total. The Hall–Kier alpha value is -3.26. The summed E-state index contributed by atoms with van der Waals surface area (Å²) in [4.78, 5) is 18.6. The molecule has 7 nitrogen and oxygen atoms in total. The molecule has 8 heteroatoms. The van der Waals surface area contributed by atoms with E-state index in [1.807, 2.05) is 24.4 Å². The van der Waals surface area contributed by atoms with Gasteiger partial charge in [0, 0.05) is 60.5 Å². The van der Waals surface area contributed by atoms with Gasteiger partial charge in [-0.15, -0.1) is 0 Å². The van der Waals surface area contributed by atoms with Crippen molar-refractivity contribution in [1.82, 2.24) is 25.0 Å². The Morgan fingerprint density at radius 1 is 1.19 bits per heavy atom. The van der Waals surface area contributed by atoms with Crippen LogP contribution in [0.3, 0.4) is 0 Å². The number of benzene rings is 1. The summed E-state index contributed by atoms with van der Waals surface area (Å²) in [6.07, 6.45) is 3.94. The summed E-state index contributed by atoms with van der Waals surface area (Å²) >= 11 is 5.61. The lowest BCUT2D eigenvalue weighted by molar-refractivity contribution is -0.113. The number of hydrogen-bond acceptors (Lipinski definition) is 5. The average molecular weight is 447 g/mol. The molecule has 0 radical (unpaired) electrons. The van der Waals surface area contributed by atoms with Gasteiger partial charge < -0.3 is 16.0 Å². The minimum atomic E-state index is -0.117. The number of Topliss-reactive ketones (excluding diaryl/α,β-unsaturated/α-hetero) is 1. The van der Waals surface area contributed by atoms with Gasteiger partial charge in [-0.3, -0.25) is 14.5 Å². The normalized spacial score (nSPS) is 20.5. The van der Waals surface area contributed by atoms with Gasteiger partial charge in [-0.2, -0.15) is 5.10 Å². The van der Waals surface area contributed by atoms with E-state index in [1.54, 1.807) is 6.92 Å². The molecule has 1 unspecified atom stereocenters. The third-order valence-corrected chi connectivity index (χ3v) is 6.99. The summed E-state index contributed by atoms with van der Waals surface area (Å²) in [6, 6.07) is 12.5. The Labute approximate surface area is 192 Å². The Morgan fingerprint density at radius 3 is 2.75 bits per heavy atom. The maximum absolute atomic E-state index is 11.9. The lowest BCUT2D eigenvalue weighted by Crippen LogP contribution is -2.41. The highest BCUT2D eigenvalue weighted by atomic mass is 32.1. The molecular formula is C24H26N6OS. The van der Waals surface area contributed by atoms with E-state index in [2.05, 4.69) is 38.1 Å². The van der Waals surface area contributed by atoms with Crippen molar-refractivity contribution >= 4 is 34.0 Å². The number of nitrogens with two attached hydrogens (primary N) is 1.